The van der Waals surface area contributed by atoms with Crippen molar-refractivity contribution in [2.24, 2.45) is 37.8 Å². The number of benzene rings is 3. The molecule has 2 fully saturated rings. The number of aryl methyl sites for hydroxylation is 4. The lowest BCUT2D eigenvalue weighted by Gasteiger charge is -2.51. The fourth-order valence-electron chi connectivity index (χ4n) is 9.52. The molecule has 4 atom stereocenters. The fraction of sp³-hybridized carbons (Fsp3) is 0.333. The Balaban J connectivity index is 0.000000279. The van der Waals surface area contributed by atoms with Gasteiger partial charge in [0.15, 0.2) is 5.78 Å². The van der Waals surface area contributed by atoms with Gasteiger partial charge >= 0.3 is 11.9 Å². The maximum absolute atomic E-state index is 14.2. The van der Waals surface area contributed by atoms with Crippen molar-refractivity contribution in [2.45, 2.75) is 66.5 Å². The Bertz CT molecular complexity index is 2580. The molecule has 0 radical (unpaired) electrons. The van der Waals surface area contributed by atoms with Gasteiger partial charge in [0.1, 0.15) is 16.8 Å². The standard InChI is InChI=1S/C34H36N3O4P.C16H21N3O3.2C2H4/c1-23(2)31-29(22-30(38)28-21-24(3)36(4)35-28)37(32(31)39)33(34(40)41-5)42(25-15-9-6-10-16-25,26-17-11-7-12-18-26)27-19-13-8-14-20-27;1-8(2)13-12-7-10(11-6-9(3)18(4)17-11)14(16(21)22-5)19(12)15(13)20;2*1-2/h6-21,23,29,31H,22H2,1-5H3;6,8,12-13H,7H2,1-5H3;2*1-2H2/t29-,31-;12-,13-;;/m11../s1. The molecular weight excluding hydrogens is 876 g/mol. The van der Waals surface area contributed by atoms with E-state index in [9.17, 15) is 24.0 Å². The van der Waals surface area contributed by atoms with Crippen molar-refractivity contribution in [3.63, 3.8) is 0 Å². The van der Waals surface area contributed by atoms with Gasteiger partial charge in [-0.2, -0.15) is 10.2 Å². The van der Waals surface area contributed by atoms with Gasteiger partial charge in [-0.05, 0) is 60.2 Å². The Kier molecular flexibility index (Phi) is 17.1. The number of carbonyl (C=O) groups is 5. The molecule has 0 spiro atoms. The largest absolute Gasteiger partial charge is 0.464 e. The van der Waals surface area contributed by atoms with Crippen LogP contribution in [-0.2, 0) is 42.7 Å². The molecule has 8 rings (SSSR count). The van der Waals surface area contributed by atoms with Crippen LogP contribution in [0, 0.1) is 37.5 Å². The number of rotatable bonds is 12. The molecule has 358 valence electrons. The zero-order valence-corrected chi connectivity index (χ0v) is 41.9. The summed E-state index contributed by atoms with van der Waals surface area (Å²) in [5, 5.41) is 11.6. The van der Waals surface area contributed by atoms with Crippen LogP contribution in [0.3, 0.4) is 0 Å². The molecule has 3 aliphatic rings. The number of fused-ring (bicyclic) bond motifs is 1. The number of Topliss-reactive ketones (excluding diaryl/α,β-unsaturated/α-hetero) is 1. The zero-order chi connectivity index (χ0) is 50.2. The van der Waals surface area contributed by atoms with Gasteiger partial charge in [0.25, 0.3) is 0 Å². The molecule has 14 heteroatoms. The third-order valence-electron chi connectivity index (χ3n) is 12.9. The molecule has 5 aromatic rings. The molecule has 0 saturated carbocycles. The number of ketones is 1. The summed E-state index contributed by atoms with van der Waals surface area (Å²) in [5.41, 5.74) is 4.45. The fourth-order valence-corrected chi connectivity index (χ4v) is 13.9. The summed E-state index contributed by atoms with van der Waals surface area (Å²) in [5.74, 6) is -1.59. The number of nitrogens with zero attached hydrogens (tertiary/aromatic N) is 6. The molecule has 0 N–H and O–H groups in total. The van der Waals surface area contributed by atoms with Crippen molar-refractivity contribution in [3.8, 4) is 0 Å². The Hall–Kier alpha value is -6.85. The summed E-state index contributed by atoms with van der Waals surface area (Å²) >= 11 is 0. The highest BCUT2D eigenvalue weighted by molar-refractivity contribution is 7.96. The van der Waals surface area contributed by atoms with E-state index in [1.165, 1.54) is 14.2 Å². The van der Waals surface area contributed by atoms with Crippen LogP contribution in [0.4, 0.5) is 0 Å². The molecule has 13 nitrogen and oxygen atoms in total. The molecule has 2 amide bonds. The van der Waals surface area contributed by atoms with Gasteiger partial charge in [0, 0.05) is 44.4 Å². The second-order valence-electron chi connectivity index (χ2n) is 17.3. The Morgan fingerprint density at radius 1 is 0.691 bits per heavy atom. The Morgan fingerprint density at radius 2 is 1.16 bits per heavy atom. The van der Waals surface area contributed by atoms with E-state index < -0.39 is 30.8 Å². The summed E-state index contributed by atoms with van der Waals surface area (Å²) < 4.78 is 13.8. The summed E-state index contributed by atoms with van der Waals surface area (Å²) in [4.78, 5) is 69.8. The first-order valence-corrected chi connectivity index (χ1v) is 24.4. The normalized spacial score (nSPS) is 18.2. The number of carbonyl (C=O) groups excluding carboxylic acids is 5. The van der Waals surface area contributed by atoms with Gasteiger partial charge in [-0.15, -0.1) is 26.3 Å². The highest BCUT2D eigenvalue weighted by Gasteiger charge is 2.57. The maximum atomic E-state index is 14.2. The monoisotopic (exact) mass is 940 g/mol. The summed E-state index contributed by atoms with van der Waals surface area (Å²) in [6.45, 7) is 20.9. The Morgan fingerprint density at radius 3 is 1.56 bits per heavy atom. The number of esters is 2. The number of aromatic nitrogens is 4. The lowest BCUT2D eigenvalue weighted by molar-refractivity contribution is -0.158. The quantitative estimate of drug-likeness (QED) is 0.0418. The van der Waals surface area contributed by atoms with Crippen LogP contribution in [0.2, 0.25) is 0 Å². The topological polar surface area (TPSA) is 146 Å². The van der Waals surface area contributed by atoms with Crippen LogP contribution in [0.1, 0.15) is 68.1 Å². The van der Waals surface area contributed by atoms with Crippen LogP contribution in [0.5, 0.6) is 0 Å². The van der Waals surface area contributed by atoms with Crippen molar-refractivity contribution in [1.29, 1.82) is 0 Å². The molecule has 0 aliphatic carbocycles. The predicted octanol–water partition coefficient (Wildman–Crippen LogP) is 7.19. The summed E-state index contributed by atoms with van der Waals surface area (Å²) in [7, 11) is 6.35. The van der Waals surface area contributed by atoms with Gasteiger partial charge in [-0.1, -0.05) is 119 Å². The van der Waals surface area contributed by atoms with E-state index in [0.717, 1.165) is 38.6 Å². The minimum absolute atomic E-state index is 0.0167. The van der Waals surface area contributed by atoms with Crippen molar-refractivity contribution >= 4 is 63.3 Å². The predicted molar refractivity (Wildman–Crippen MR) is 271 cm³/mol. The van der Waals surface area contributed by atoms with Crippen molar-refractivity contribution in [3.05, 3.63) is 158 Å². The van der Waals surface area contributed by atoms with E-state index in [0.29, 0.717) is 17.8 Å². The van der Waals surface area contributed by atoms with Crippen LogP contribution in [0.25, 0.3) is 5.57 Å². The van der Waals surface area contributed by atoms with E-state index >= 15 is 0 Å². The van der Waals surface area contributed by atoms with E-state index in [1.807, 2.05) is 146 Å². The molecule has 2 aromatic heterocycles. The number of amides is 2. The van der Waals surface area contributed by atoms with Gasteiger partial charge in [-0.25, -0.2) is 9.59 Å². The molecule has 0 unspecified atom stereocenters. The molecule has 5 heterocycles. The summed E-state index contributed by atoms with van der Waals surface area (Å²) in [6.07, 6.45) is 0.708. The molecular formula is C54H65N6O7P. The van der Waals surface area contributed by atoms with Gasteiger partial charge in [0.05, 0.1) is 43.8 Å². The molecule has 2 saturated heterocycles. The van der Waals surface area contributed by atoms with Gasteiger partial charge < -0.3 is 19.3 Å². The van der Waals surface area contributed by atoms with Crippen molar-refractivity contribution in [1.82, 2.24) is 29.4 Å². The van der Waals surface area contributed by atoms with Crippen LogP contribution in [0.15, 0.2) is 135 Å². The van der Waals surface area contributed by atoms with E-state index in [2.05, 4.69) is 36.5 Å². The first-order valence-electron chi connectivity index (χ1n) is 22.6. The third-order valence-corrected chi connectivity index (χ3v) is 17.1. The van der Waals surface area contributed by atoms with Crippen LogP contribution >= 0.6 is 6.89 Å². The maximum Gasteiger partial charge on any atom is 0.355 e. The second kappa shape index (κ2) is 22.3. The molecule has 3 aliphatic heterocycles. The highest BCUT2D eigenvalue weighted by Crippen LogP contribution is 2.51. The lowest BCUT2D eigenvalue weighted by atomic mass is 9.76. The number of hydrogen-bond donors (Lipinski definition) is 0. The van der Waals surface area contributed by atoms with Crippen LogP contribution in [-0.4, -0.2) is 90.6 Å². The SMILES string of the molecule is C=C.C=C.COC(=O)C(N1C(=O)[C@H](C(C)C)[C@H]1CC(=O)c1cc(C)n(C)n1)=P(c1ccccc1)(c1ccccc1)c1ccccc1.COC(=O)C1=C(c2cc(C)n(C)n2)C[C@@H]2[C@@H](C(C)C)C(=O)N12. The van der Waals surface area contributed by atoms with Crippen LogP contribution < -0.4 is 15.9 Å². The van der Waals surface area contributed by atoms with Crippen molar-refractivity contribution in [2.75, 3.05) is 14.2 Å². The number of hydrogen-bond acceptors (Lipinski definition) is 9. The summed E-state index contributed by atoms with van der Waals surface area (Å²) in [6, 6.07) is 32.8. The minimum Gasteiger partial charge on any atom is -0.464 e. The molecule has 68 heavy (non-hydrogen) atoms. The number of methoxy groups -OCH3 is 2. The van der Waals surface area contributed by atoms with E-state index in [1.54, 1.807) is 32.3 Å². The average molecular weight is 941 g/mol. The first kappa shape index (κ1) is 52.1. The lowest BCUT2D eigenvalue weighted by Crippen LogP contribution is -2.67. The molecule has 0 bridgehead atoms. The first-order chi connectivity index (χ1) is 32.6. The average Bonchev–Trinajstić information content (AvgIpc) is 4.00. The Labute approximate surface area is 401 Å². The highest BCUT2D eigenvalue weighted by atomic mass is 31.2. The van der Waals surface area contributed by atoms with E-state index in [-0.39, 0.29) is 53.2 Å². The van der Waals surface area contributed by atoms with Gasteiger partial charge in [0.2, 0.25) is 11.8 Å². The van der Waals surface area contributed by atoms with Gasteiger partial charge in [-0.3, -0.25) is 23.7 Å². The number of likely N-dealkylation sites (tertiary alicyclic amines) is 1. The van der Waals surface area contributed by atoms with Crippen molar-refractivity contribution < 1.29 is 33.4 Å². The molecule has 3 aromatic carbocycles. The smallest absolute Gasteiger partial charge is 0.355 e. The zero-order valence-electron chi connectivity index (χ0n) is 41.0. The van der Waals surface area contributed by atoms with E-state index in [4.69, 9.17) is 9.47 Å². The third kappa shape index (κ3) is 9.49. The number of ether oxygens (including phenoxy) is 2. The minimum atomic E-state index is -2.99. The second-order valence-corrected chi connectivity index (χ2v) is 20.6. The number of β-lactam (4-membered cyclic amide) rings is 2.